The standard InChI is InChI=1S/C43H30N2/c1-3-12-31(13-4-1)32-25-27-37(28-26-32)45(41-22-8-7-20-39(41)33-14-5-2-6-15-33)38-19-9-17-36(30-38)40-21-10-16-34-23-24-35-18-11-29-44-43(35)42(34)40/h1-30H. The summed E-state index contributed by atoms with van der Waals surface area (Å²) in [6.45, 7) is 0. The quantitative estimate of drug-likeness (QED) is 0.184. The molecule has 0 radical (unpaired) electrons. The summed E-state index contributed by atoms with van der Waals surface area (Å²) >= 11 is 0. The Balaban J connectivity index is 1.32. The third kappa shape index (κ3) is 5.03. The van der Waals surface area contributed by atoms with Gasteiger partial charge in [0, 0.05) is 33.9 Å². The van der Waals surface area contributed by atoms with Gasteiger partial charge in [-0.3, -0.25) is 4.98 Å². The van der Waals surface area contributed by atoms with E-state index in [1.165, 1.54) is 38.6 Å². The van der Waals surface area contributed by atoms with Crippen LogP contribution >= 0.6 is 0 Å². The van der Waals surface area contributed by atoms with E-state index in [1.807, 2.05) is 12.3 Å². The van der Waals surface area contributed by atoms with Gasteiger partial charge in [0.2, 0.25) is 0 Å². The Morgan fingerprint density at radius 3 is 1.82 bits per heavy atom. The lowest BCUT2D eigenvalue weighted by molar-refractivity contribution is 1.28. The molecule has 1 heterocycles. The molecule has 0 saturated carbocycles. The van der Waals surface area contributed by atoms with Crippen molar-refractivity contribution in [2.45, 2.75) is 0 Å². The molecule has 0 spiro atoms. The minimum absolute atomic E-state index is 1.03. The van der Waals surface area contributed by atoms with Gasteiger partial charge in [0.15, 0.2) is 0 Å². The van der Waals surface area contributed by atoms with E-state index in [9.17, 15) is 0 Å². The number of aromatic nitrogens is 1. The summed E-state index contributed by atoms with van der Waals surface area (Å²) in [5.41, 5.74) is 11.4. The minimum Gasteiger partial charge on any atom is -0.310 e. The molecule has 8 rings (SSSR count). The van der Waals surface area contributed by atoms with E-state index in [0.717, 1.165) is 33.5 Å². The first-order chi connectivity index (χ1) is 22.3. The molecular formula is C43H30N2. The second-order valence-electron chi connectivity index (χ2n) is 11.2. The Hall–Kier alpha value is -5.99. The fraction of sp³-hybridized carbons (Fsp3) is 0. The number of anilines is 3. The average Bonchev–Trinajstić information content (AvgIpc) is 3.13. The monoisotopic (exact) mass is 574 g/mol. The lowest BCUT2D eigenvalue weighted by Crippen LogP contribution is -2.11. The van der Waals surface area contributed by atoms with Crippen LogP contribution in [0.4, 0.5) is 17.1 Å². The molecule has 1 aromatic heterocycles. The Bertz CT molecular complexity index is 2260. The van der Waals surface area contributed by atoms with Crippen LogP contribution < -0.4 is 4.90 Å². The SMILES string of the molecule is c1ccc(-c2ccc(N(c3cccc(-c4cccc5ccc6cccnc6c45)c3)c3ccccc3-c3ccccc3)cc2)cc1. The van der Waals surface area contributed by atoms with E-state index in [-0.39, 0.29) is 0 Å². The highest BCUT2D eigenvalue weighted by molar-refractivity contribution is 6.12. The van der Waals surface area contributed by atoms with E-state index in [1.54, 1.807) is 0 Å². The predicted octanol–water partition coefficient (Wildman–Crippen LogP) is 11.9. The maximum Gasteiger partial charge on any atom is 0.0786 e. The first kappa shape index (κ1) is 26.6. The van der Waals surface area contributed by atoms with Crippen molar-refractivity contribution in [3.05, 3.63) is 182 Å². The second-order valence-corrected chi connectivity index (χ2v) is 11.2. The molecule has 2 nitrogen and oxygen atoms in total. The summed E-state index contributed by atoms with van der Waals surface area (Å²) in [7, 11) is 0. The van der Waals surface area contributed by atoms with E-state index in [2.05, 4.69) is 175 Å². The van der Waals surface area contributed by atoms with Gasteiger partial charge in [0.25, 0.3) is 0 Å². The minimum atomic E-state index is 1.03. The number of rotatable bonds is 6. The van der Waals surface area contributed by atoms with Crippen LogP contribution in [-0.4, -0.2) is 4.98 Å². The molecule has 7 aromatic carbocycles. The second kappa shape index (κ2) is 11.6. The van der Waals surface area contributed by atoms with Gasteiger partial charge in [0.05, 0.1) is 11.2 Å². The molecule has 0 aliphatic carbocycles. The zero-order chi connectivity index (χ0) is 30.0. The Kier molecular flexibility index (Phi) is 6.86. The molecular weight excluding hydrogens is 544 g/mol. The molecule has 45 heavy (non-hydrogen) atoms. The highest BCUT2D eigenvalue weighted by Gasteiger charge is 2.18. The number of fused-ring (bicyclic) bond motifs is 3. The molecule has 2 heteroatoms. The largest absolute Gasteiger partial charge is 0.310 e. The first-order valence-corrected chi connectivity index (χ1v) is 15.3. The average molecular weight is 575 g/mol. The summed E-state index contributed by atoms with van der Waals surface area (Å²) in [5, 5.41) is 3.51. The fourth-order valence-electron chi connectivity index (χ4n) is 6.36. The van der Waals surface area contributed by atoms with Crippen LogP contribution in [0.15, 0.2) is 182 Å². The fourth-order valence-corrected chi connectivity index (χ4v) is 6.36. The molecule has 0 atom stereocenters. The van der Waals surface area contributed by atoms with Crippen molar-refractivity contribution in [3.8, 4) is 33.4 Å². The highest BCUT2D eigenvalue weighted by Crippen LogP contribution is 2.43. The smallest absolute Gasteiger partial charge is 0.0786 e. The van der Waals surface area contributed by atoms with Gasteiger partial charge in [-0.1, -0.05) is 140 Å². The van der Waals surface area contributed by atoms with Crippen LogP contribution in [0.5, 0.6) is 0 Å². The number of hydrogen-bond donors (Lipinski definition) is 0. The van der Waals surface area contributed by atoms with E-state index < -0.39 is 0 Å². The van der Waals surface area contributed by atoms with Gasteiger partial charge in [-0.25, -0.2) is 0 Å². The third-order valence-electron chi connectivity index (χ3n) is 8.49. The zero-order valence-electron chi connectivity index (χ0n) is 24.7. The normalized spacial score (nSPS) is 11.1. The van der Waals surface area contributed by atoms with E-state index in [0.29, 0.717) is 0 Å². The Morgan fingerprint density at radius 2 is 1.00 bits per heavy atom. The highest BCUT2D eigenvalue weighted by atomic mass is 15.1. The first-order valence-electron chi connectivity index (χ1n) is 15.3. The van der Waals surface area contributed by atoms with Crippen molar-refractivity contribution in [1.82, 2.24) is 4.98 Å². The summed E-state index contributed by atoms with van der Waals surface area (Å²) in [5.74, 6) is 0. The van der Waals surface area contributed by atoms with Crippen molar-refractivity contribution in [3.63, 3.8) is 0 Å². The van der Waals surface area contributed by atoms with Crippen LogP contribution in [0.3, 0.4) is 0 Å². The number of benzene rings is 7. The topological polar surface area (TPSA) is 16.1 Å². The summed E-state index contributed by atoms with van der Waals surface area (Å²) in [4.78, 5) is 7.19. The molecule has 0 saturated heterocycles. The van der Waals surface area contributed by atoms with Crippen molar-refractivity contribution < 1.29 is 0 Å². The number of nitrogens with zero attached hydrogens (tertiary/aromatic N) is 2. The van der Waals surface area contributed by atoms with Gasteiger partial charge in [-0.15, -0.1) is 0 Å². The molecule has 0 amide bonds. The van der Waals surface area contributed by atoms with Gasteiger partial charge < -0.3 is 4.90 Å². The molecule has 8 aromatic rings. The van der Waals surface area contributed by atoms with Crippen LogP contribution in [-0.2, 0) is 0 Å². The lowest BCUT2D eigenvalue weighted by Gasteiger charge is -2.28. The van der Waals surface area contributed by atoms with Crippen LogP contribution in [0.25, 0.3) is 55.1 Å². The number of hydrogen-bond acceptors (Lipinski definition) is 2. The van der Waals surface area contributed by atoms with Crippen molar-refractivity contribution in [2.75, 3.05) is 4.90 Å². The Labute approximate surface area is 263 Å². The number of pyridine rings is 1. The van der Waals surface area contributed by atoms with E-state index in [4.69, 9.17) is 4.98 Å². The molecule has 0 aliphatic rings. The van der Waals surface area contributed by atoms with E-state index >= 15 is 0 Å². The Morgan fingerprint density at radius 1 is 0.378 bits per heavy atom. The zero-order valence-corrected chi connectivity index (χ0v) is 24.7. The maximum atomic E-state index is 4.82. The predicted molar refractivity (Wildman–Crippen MR) is 190 cm³/mol. The maximum absolute atomic E-state index is 4.82. The van der Waals surface area contributed by atoms with Gasteiger partial charge in [-0.05, 0) is 69.6 Å². The molecule has 0 bridgehead atoms. The van der Waals surface area contributed by atoms with Crippen LogP contribution in [0.2, 0.25) is 0 Å². The molecule has 0 fully saturated rings. The van der Waals surface area contributed by atoms with Crippen molar-refractivity contribution in [2.24, 2.45) is 0 Å². The van der Waals surface area contributed by atoms with Crippen molar-refractivity contribution in [1.29, 1.82) is 0 Å². The summed E-state index contributed by atoms with van der Waals surface area (Å²) in [6.07, 6.45) is 1.89. The molecule has 0 N–H and O–H groups in total. The van der Waals surface area contributed by atoms with Gasteiger partial charge >= 0.3 is 0 Å². The lowest BCUT2D eigenvalue weighted by atomic mass is 9.95. The molecule has 0 aliphatic heterocycles. The van der Waals surface area contributed by atoms with Crippen molar-refractivity contribution >= 4 is 38.7 Å². The van der Waals surface area contributed by atoms with Crippen LogP contribution in [0, 0.1) is 0 Å². The summed E-state index contributed by atoms with van der Waals surface area (Å²) in [6, 6.07) is 62.7. The summed E-state index contributed by atoms with van der Waals surface area (Å²) < 4.78 is 0. The van der Waals surface area contributed by atoms with Gasteiger partial charge in [-0.2, -0.15) is 0 Å². The number of para-hydroxylation sites is 1. The molecule has 0 unspecified atom stereocenters. The third-order valence-corrected chi connectivity index (χ3v) is 8.49. The van der Waals surface area contributed by atoms with Gasteiger partial charge in [0.1, 0.15) is 0 Å². The van der Waals surface area contributed by atoms with Crippen LogP contribution in [0.1, 0.15) is 0 Å². The molecule has 212 valence electrons.